The summed E-state index contributed by atoms with van der Waals surface area (Å²) in [4.78, 5) is 27.4. The van der Waals surface area contributed by atoms with E-state index < -0.39 is 6.29 Å². The highest BCUT2D eigenvalue weighted by Crippen LogP contribution is 2.18. The summed E-state index contributed by atoms with van der Waals surface area (Å²) in [6.45, 7) is 11.5. The van der Waals surface area contributed by atoms with Crippen molar-refractivity contribution in [3.05, 3.63) is 0 Å². The summed E-state index contributed by atoms with van der Waals surface area (Å²) in [5.74, 6) is -0.00294. The Labute approximate surface area is 336 Å². The summed E-state index contributed by atoms with van der Waals surface area (Å²) in [5.41, 5.74) is 11.3. The molecule has 0 radical (unpaired) electrons. The zero-order valence-electron chi connectivity index (χ0n) is 36.5. The standard InChI is InChI=1S/C46H94N4O4/c1-4-7-10-13-16-25-32-42-53-44(51)36-28-21-17-23-30-39-50(41-33-38-49-46(47)48)40-31-24-18-22-29-37-45(52)54-43(34-26-19-14-11-8-5-2)35-27-20-15-12-9-6-3/h43,46,49H,4-42,47-48H2,1-3H3. The molecule has 0 fully saturated rings. The first kappa shape index (κ1) is 52.8. The average Bonchev–Trinajstić information content (AvgIpc) is 3.15. The van der Waals surface area contributed by atoms with Crippen LogP contribution in [0.25, 0.3) is 0 Å². The largest absolute Gasteiger partial charge is 0.466 e. The summed E-state index contributed by atoms with van der Waals surface area (Å²) >= 11 is 0. The minimum Gasteiger partial charge on any atom is -0.466 e. The fraction of sp³-hybridized carbons (Fsp3) is 0.957. The smallest absolute Gasteiger partial charge is 0.306 e. The number of carbonyl (C=O) groups is 2. The first-order valence-electron chi connectivity index (χ1n) is 23.7. The van der Waals surface area contributed by atoms with Crippen LogP contribution in [0.4, 0.5) is 0 Å². The second-order valence-corrected chi connectivity index (χ2v) is 16.3. The van der Waals surface area contributed by atoms with Crippen LogP contribution in [0.5, 0.6) is 0 Å². The number of nitrogens with zero attached hydrogens (tertiary/aromatic N) is 1. The predicted molar refractivity (Wildman–Crippen MR) is 231 cm³/mol. The third-order valence-electron chi connectivity index (χ3n) is 10.8. The molecule has 0 aliphatic carbocycles. The van der Waals surface area contributed by atoms with Crippen LogP contribution < -0.4 is 16.8 Å². The molecule has 0 unspecified atom stereocenters. The van der Waals surface area contributed by atoms with Gasteiger partial charge in [0, 0.05) is 12.8 Å². The summed E-state index contributed by atoms with van der Waals surface area (Å²) in [5, 5.41) is 3.13. The van der Waals surface area contributed by atoms with Crippen molar-refractivity contribution < 1.29 is 19.1 Å². The molecule has 0 atom stereocenters. The monoisotopic (exact) mass is 767 g/mol. The Balaban J connectivity index is 4.22. The summed E-state index contributed by atoms with van der Waals surface area (Å²) < 4.78 is 11.5. The molecule has 0 saturated carbocycles. The summed E-state index contributed by atoms with van der Waals surface area (Å²) in [7, 11) is 0. The molecule has 0 aromatic carbocycles. The molecule has 0 saturated heterocycles. The Morgan fingerprint density at radius 2 is 0.870 bits per heavy atom. The maximum atomic E-state index is 12.8. The lowest BCUT2D eigenvalue weighted by atomic mass is 10.0. The lowest BCUT2D eigenvalue weighted by Crippen LogP contribution is -2.46. The normalized spacial score (nSPS) is 11.7. The van der Waals surface area contributed by atoms with E-state index in [2.05, 4.69) is 31.0 Å². The molecule has 0 aromatic rings. The Kier molecular flexibility index (Phi) is 41.9. The van der Waals surface area contributed by atoms with Crippen molar-refractivity contribution in [2.45, 2.75) is 251 Å². The number of hydrogen-bond acceptors (Lipinski definition) is 8. The van der Waals surface area contributed by atoms with Gasteiger partial charge in [0.2, 0.25) is 0 Å². The molecule has 0 rings (SSSR count). The van der Waals surface area contributed by atoms with Crippen LogP contribution in [0.15, 0.2) is 0 Å². The molecule has 0 bridgehead atoms. The van der Waals surface area contributed by atoms with Crippen LogP contribution in [0.3, 0.4) is 0 Å². The first-order chi connectivity index (χ1) is 26.4. The van der Waals surface area contributed by atoms with Crippen LogP contribution in [0, 0.1) is 0 Å². The highest BCUT2D eigenvalue weighted by Gasteiger charge is 2.14. The van der Waals surface area contributed by atoms with Gasteiger partial charge in [0.25, 0.3) is 0 Å². The van der Waals surface area contributed by atoms with Gasteiger partial charge in [-0.3, -0.25) is 14.9 Å². The number of unbranched alkanes of at least 4 members (excludes halogenated alkanes) is 24. The van der Waals surface area contributed by atoms with Crippen molar-refractivity contribution >= 4 is 11.9 Å². The molecular formula is C46H94N4O4. The van der Waals surface area contributed by atoms with Gasteiger partial charge in [0.15, 0.2) is 0 Å². The van der Waals surface area contributed by atoms with Gasteiger partial charge in [-0.25, -0.2) is 0 Å². The van der Waals surface area contributed by atoms with Crippen LogP contribution in [-0.4, -0.2) is 62.0 Å². The molecule has 0 aliphatic heterocycles. The number of carbonyl (C=O) groups excluding carboxylic acids is 2. The molecule has 0 heterocycles. The van der Waals surface area contributed by atoms with Crippen LogP contribution in [0.1, 0.15) is 239 Å². The third kappa shape index (κ3) is 40.4. The lowest BCUT2D eigenvalue weighted by Gasteiger charge is -2.23. The Morgan fingerprint density at radius 3 is 1.35 bits per heavy atom. The number of esters is 2. The molecule has 0 amide bonds. The van der Waals surface area contributed by atoms with Gasteiger partial charge in [-0.2, -0.15) is 0 Å². The van der Waals surface area contributed by atoms with Crippen molar-refractivity contribution in [3.8, 4) is 0 Å². The Hall–Kier alpha value is -1.22. The van der Waals surface area contributed by atoms with E-state index in [1.54, 1.807) is 0 Å². The van der Waals surface area contributed by atoms with E-state index in [9.17, 15) is 9.59 Å². The molecule has 8 nitrogen and oxygen atoms in total. The maximum Gasteiger partial charge on any atom is 0.306 e. The maximum absolute atomic E-state index is 12.8. The first-order valence-corrected chi connectivity index (χ1v) is 23.7. The van der Waals surface area contributed by atoms with Crippen molar-refractivity contribution in [3.63, 3.8) is 0 Å². The van der Waals surface area contributed by atoms with Gasteiger partial charge in [-0.15, -0.1) is 0 Å². The van der Waals surface area contributed by atoms with E-state index in [0.29, 0.717) is 19.4 Å². The minimum atomic E-state index is -0.458. The van der Waals surface area contributed by atoms with Gasteiger partial charge in [0.1, 0.15) is 12.4 Å². The van der Waals surface area contributed by atoms with E-state index in [-0.39, 0.29) is 18.0 Å². The van der Waals surface area contributed by atoms with E-state index in [4.69, 9.17) is 20.9 Å². The van der Waals surface area contributed by atoms with Gasteiger partial charge < -0.3 is 25.8 Å². The van der Waals surface area contributed by atoms with Crippen molar-refractivity contribution in [1.29, 1.82) is 0 Å². The van der Waals surface area contributed by atoms with E-state index in [1.807, 2.05) is 0 Å². The number of hydrogen-bond donors (Lipinski definition) is 3. The Bertz CT molecular complexity index is 768. The quantitative estimate of drug-likeness (QED) is 0.0318. The SMILES string of the molecule is CCCCCCCCCOC(=O)CCCCCCCN(CCCCCCCC(=O)OC(CCCCCCCC)CCCCCCCC)CCCNC(N)N. The fourth-order valence-electron chi connectivity index (χ4n) is 7.31. The zero-order valence-corrected chi connectivity index (χ0v) is 36.5. The van der Waals surface area contributed by atoms with Crippen molar-refractivity contribution in [2.75, 3.05) is 32.8 Å². The summed E-state index contributed by atoms with van der Waals surface area (Å²) in [6, 6.07) is 0. The van der Waals surface area contributed by atoms with E-state index >= 15 is 0 Å². The number of nitrogens with two attached hydrogens (primary N) is 2. The molecular weight excluding hydrogens is 673 g/mol. The molecule has 322 valence electrons. The average molecular weight is 767 g/mol. The molecule has 0 spiro atoms. The Morgan fingerprint density at radius 1 is 0.481 bits per heavy atom. The zero-order chi connectivity index (χ0) is 39.6. The minimum absolute atomic E-state index is 0.0210. The number of nitrogens with one attached hydrogen (secondary N) is 1. The van der Waals surface area contributed by atoms with Gasteiger partial charge in [-0.05, 0) is 90.4 Å². The second kappa shape index (κ2) is 42.9. The fourth-order valence-corrected chi connectivity index (χ4v) is 7.31. The van der Waals surface area contributed by atoms with Crippen LogP contribution in [0.2, 0.25) is 0 Å². The van der Waals surface area contributed by atoms with Crippen LogP contribution in [-0.2, 0) is 19.1 Å². The van der Waals surface area contributed by atoms with Gasteiger partial charge in [0.05, 0.1) is 6.61 Å². The third-order valence-corrected chi connectivity index (χ3v) is 10.8. The highest BCUT2D eigenvalue weighted by atomic mass is 16.5. The van der Waals surface area contributed by atoms with Gasteiger partial charge in [-0.1, -0.05) is 162 Å². The number of rotatable bonds is 44. The molecule has 0 aromatic heterocycles. The van der Waals surface area contributed by atoms with Gasteiger partial charge >= 0.3 is 11.9 Å². The second-order valence-electron chi connectivity index (χ2n) is 16.3. The predicted octanol–water partition coefficient (Wildman–Crippen LogP) is 11.9. The van der Waals surface area contributed by atoms with Crippen LogP contribution >= 0.6 is 0 Å². The van der Waals surface area contributed by atoms with Crippen molar-refractivity contribution in [1.82, 2.24) is 10.2 Å². The molecule has 54 heavy (non-hydrogen) atoms. The highest BCUT2D eigenvalue weighted by molar-refractivity contribution is 5.69. The van der Waals surface area contributed by atoms with E-state index in [1.165, 1.54) is 154 Å². The van der Waals surface area contributed by atoms with Crippen molar-refractivity contribution in [2.24, 2.45) is 11.5 Å². The topological polar surface area (TPSA) is 120 Å². The molecule has 5 N–H and O–H groups in total. The lowest BCUT2D eigenvalue weighted by molar-refractivity contribution is -0.150. The molecule has 0 aliphatic rings. The molecule has 8 heteroatoms. The van der Waals surface area contributed by atoms with E-state index in [0.717, 1.165) is 77.5 Å². The number of ether oxygens (including phenoxy) is 2. The summed E-state index contributed by atoms with van der Waals surface area (Å²) in [6.07, 6.45) is 39.1.